The minimum Gasteiger partial charge on any atom is -0.368 e. The molecule has 0 saturated carbocycles. The summed E-state index contributed by atoms with van der Waals surface area (Å²) in [7, 11) is -3.86. The maximum Gasteiger partial charge on any atom is 0.255 e. The zero-order valence-electron chi connectivity index (χ0n) is 14.4. The lowest BCUT2D eigenvalue weighted by Gasteiger charge is -2.36. The van der Waals surface area contributed by atoms with Gasteiger partial charge in [0.2, 0.25) is 10.0 Å². The fourth-order valence-corrected chi connectivity index (χ4v) is 3.96. The topological polar surface area (TPSA) is 83.7 Å². The molecule has 0 aliphatic carbocycles. The Morgan fingerprint density at radius 3 is 2.38 bits per heavy atom. The minimum absolute atomic E-state index is 0.0672. The zero-order chi connectivity index (χ0) is 18.9. The molecule has 1 fully saturated rings. The summed E-state index contributed by atoms with van der Waals surface area (Å²) in [5.41, 5.74) is 2.65. The van der Waals surface area contributed by atoms with Gasteiger partial charge in [-0.3, -0.25) is 4.79 Å². The van der Waals surface area contributed by atoms with E-state index in [0.29, 0.717) is 23.1 Å². The number of aryl methyl sites for hydroxylation is 1. The standard InChI is InChI=1S/C18H20BrN3O3S/c1-13-3-2-4-14(11-13)21-7-9-22(10-8-21)18(23)16-12-15(26(20,24)25)5-6-17(16)19/h2-6,11-12H,7-10H2,1H3,(H2,20,24,25). The van der Waals surface area contributed by atoms with Crippen molar-refractivity contribution in [3.63, 3.8) is 0 Å². The van der Waals surface area contributed by atoms with Crippen LogP contribution in [0.2, 0.25) is 0 Å². The van der Waals surface area contributed by atoms with Gasteiger partial charge in [-0.1, -0.05) is 12.1 Å². The van der Waals surface area contributed by atoms with E-state index < -0.39 is 10.0 Å². The molecule has 1 saturated heterocycles. The number of nitrogens with two attached hydrogens (primary N) is 1. The Balaban J connectivity index is 1.75. The molecule has 1 aliphatic rings. The van der Waals surface area contributed by atoms with Crippen LogP contribution in [-0.4, -0.2) is 45.4 Å². The molecule has 0 aromatic heterocycles. The molecule has 2 aromatic carbocycles. The number of primary sulfonamides is 1. The van der Waals surface area contributed by atoms with Crippen molar-refractivity contribution in [3.8, 4) is 0 Å². The quantitative estimate of drug-likeness (QED) is 0.798. The second-order valence-electron chi connectivity index (χ2n) is 6.30. The monoisotopic (exact) mass is 437 g/mol. The molecule has 1 amide bonds. The fraction of sp³-hybridized carbons (Fsp3) is 0.278. The second-order valence-corrected chi connectivity index (χ2v) is 8.72. The predicted octanol–water partition coefficient (Wildman–Crippen LogP) is 2.37. The number of benzene rings is 2. The van der Waals surface area contributed by atoms with Crippen molar-refractivity contribution < 1.29 is 13.2 Å². The molecule has 0 unspecified atom stereocenters. The number of anilines is 1. The lowest BCUT2D eigenvalue weighted by molar-refractivity contribution is 0.0745. The Morgan fingerprint density at radius 1 is 1.08 bits per heavy atom. The number of hydrogen-bond donors (Lipinski definition) is 1. The highest BCUT2D eigenvalue weighted by Gasteiger charge is 2.25. The van der Waals surface area contributed by atoms with Gasteiger partial charge in [-0.25, -0.2) is 13.6 Å². The molecule has 138 valence electrons. The molecule has 3 rings (SSSR count). The Morgan fingerprint density at radius 2 is 1.77 bits per heavy atom. The molecule has 0 spiro atoms. The van der Waals surface area contributed by atoms with E-state index in [1.54, 1.807) is 4.90 Å². The third-order valence-electron chi connectivity index (χ3n) is 4.43. The molecular weight excluding hydrogens is 418 g/mol. The largest absolute Gasteiger partial charge is 0.368 e. The number of hydrogen-bond acceptors (Lipinski definition) is 4. The van der Waals surface area contributed by atoms with Crippen LogP contribution in [0.4, 0.5) is 5.69 Å². The van der Waals surface area contributed by atoms with Crippen molar-refractivity contribution in [2.24, 2.45) is 5.14 Å². The van der Waals surface area contributed by atoms with Gasteiger partial charge in [-0.15, -0.1) is 0 Å². The van der Waals surface area contributed by atoms with Crippen LogP contribution < -0.4 is 10.0 Å². The number of nitrogens with zero attached hydrogens (tertiary/aromatic N) is 2. The first-order valence-corrected chi connectivity index (χ1v) is 10.5. The highest BCUT2D eigenvalue weighted by atomic mass is 79.9. The maximum atomic E-state index is 12.8. The normalized spacial score (nSPS) is 15.2. The van der Waals surface area contributed by atoms with Crippen LogP contribution in [0.25, 0.3) is 0 Å². The molecule has 8 heteroatoms. The summed E-state index contributed by atoms with van der Waals surface area (Å²) in [6, 6.07) is 12.5. The summed E-state index contributed by atoms with van der Waals surface area (Å²) in [6.07, 6.45) is 0. The van der Waals surface area contributed by atoms with Gasteiger partial charge in [0.25, 0.3) is 5.91 Å². The summed E-state index contributed by atoms with van der Waals surface area (Å²) in [4.78, 5) is 16.7. The number of rotatable bonds is 3. The van der Waals surface area contributed by atoms with Crippen molar-refractivity contribution in [2.75, 3.05) is 31.1 Å². The average Bonchev–Trinajstić information content (AvgIpc) is 2.61. The third kappa shape index (κ3) is 4.08. The summed E-state index contributed by atoms with van der Waals surface area (Å²) in [5.74, 6) is -0.203. The number of amides is 1. The van der Waals surface area contributed by atoms with Crippen molar-refractivity contribution in [1.82, 2.24) is 4.90 Å². The van der Waals surface area contributed by atoms with E-state index >= 15 is 0 Å². The lowest BCUT2D eigenvalue weighted by Crippen LogP contribution is -2.48. The summed E-state index contributed by atoms with van der Waals surface area (Å²) in [5, 5.41) is 5.17. The zero-order valence-corrected chi connectivity index (χ0v) is 16.8. The van der Waals surface area contributed by atoms with Gasteiger partial charge in [0, 0.05) is 36.3 Å². The molecule has 2 aromatic rings. The molecule has 0 bridgehead atoms. The van der Waals surface area contributed by atoms with Crippen molar-refractivity contribution in [2.45, 2.75) is 11.8 Å². The Labute approximate surface area is 161 Å². The molecule has 1 aliphatic heterocycles. The molecular formula is C18H20BrN3O3S. The molecule has 2 N–H and O–H groups in total. The van der Waals surface area contributed by atoms with Gasteiger partial charge >= 0.3 is 0 Å². The van der Waals surface area contributed by atoms with E-state index in [2.05, 4.69) is 46.0 Å². The number of carbonyl (C=O) groups is 1. The summed E-state index contributed by atoms with van der Waals surface area (Å²) < 4.78 is 23.7. The number of sulfonamides is 1. The first kappa shape index (κ1) is 18.9. The Bertz CT molecular complexity index is 938. The minimum atomic E-state index is -3.86. The highest BCUT2D eigenvalue weighted by molar-refractivity contribution is 9.10. The highest BCUT2D eigenvalue weighted by Crippen LogP contribution is 2.24. The molecule has 0 atom stereocenters. The van der Waals surface area contributed by atoms with Crippen molar-refractivity contribution >= 4 is 37.5 Å². The van der Waals surface area contributed by atoms with E-state index in [4.69, 9.17) is 5.14 Å². The molecule has 26 heavy (non-hydrogen) atoms. The van der Waals surface area contributed by atoms with Crippen LogP contribution >= 0.6 is 15.9 Å². The lowest BCUT2D eigenvalue weighted by atomic mass is 10.1. The van der Waals surface area contributed by atoms with Crippen LogP contribution in [0.15, 0.2) is 51.8 Å². The van der Waals surface area contributed by atoms with Crippen LogP contribution in [0, 0.1) is 6.92 Å². The second kappa shape index (κ2) is 7.38. The van der Waals surface area contributed by atoms with Crippen LogP contribution in [0.1, 0.15) is 15.9 Å². The average molecular weight is 438 g/mol. The van der Waals surface area contributed by atoms with Crippen LogP contribution in [0.3, 0.4) is 0 Å². The fourth-order valence-electron chi connectivity index (χ4n) is 3.01. The number of piperazine rings is 1. The summed E-state index contributed by atoms with van der Waals surface area (Å²) in [6.45, 7) is 4.64. The van der Waals surface area contributed by atoms with E-state index in [0.717, 1.165) is 18.8 Å². The molecule has 1 heterocycles. The van der Waals surface area contributed by atoms with Crippen LogP contribution in [0.5, 0.6) is 0 Å². The van der Waals surface area contributed by atoms with Gasteiger partial charge in [0.15, 0.2) is 0 Å². The third-order valence-corrected chi connectivity index (χ3v) is 6.03. The molecule has 0 radical (unpaired) electrons. The first-order valence-electron chi connectivity index (χ1n) is 8.19. The van der Waals surface area contributed by atoms with Gasteiger partial charge in [-0.2, -0.15) is 0 Å². The van der Waals surface area contributed by atoms with Gasteiger partial charge in [-0.05, 0) is 58.7 Å². The SMILES string of the molecule is Cc1cccc(N2CCN(C(=O)c3cc(S(N)(=O)=O)ccc3Br)CC2)c1. The Hall–Kier alpha value is -1.90. The number of halogens is 1. The smallest absolute Gasteiger partial charge is 0.255 e. The van der Waals surface area contributed by atoms with E-state index in [1.807, 2.05) is 6.07 Å². The molecule has 6 nitrogen and oxygen atoms in total. The van der Waals surface area contributed by atoms with Gasteiger partial charge in [0.1, 0.15) is 0 Å². The van der Waals surface area contributed by atoms with E-state index in [1.165, 1.54) is 23.8 Å². The number of carbonyl (C=O) groups excluding carboxylic acids is 1. The van der Waals surface area contributed by atoms with E-state index in [-0.39, 0.29) is 10.8 Å². The maximum absolute atomic E-state index is 12.8. The predicted molar refractivity (Wildman–Crippen MR) is 105 cm³/mol. The van der Waals surface area contributed by atoms with Crippen LogP contribution in [-0.2, 0) is 10.0 Å². The van der Waals surface area contributed by atoms with Gasteiger partial charge in [0.05, 0.1) is 10.5 Å². The van der Waals surface area contributed by atoms with Crippen molar-refractivity contribution in [1.29, 1.82) is 0 Å². The summed E-state index contributed by atoms with van der Waals surface area (Å²) >= 11 is 3.33. The Kier molecular flexibility index (Phi) is 5.36. The van der Waals surface area contributed by atoms with Crippen molar-refractivity contribution in [3.05, 3.63) is 58.1 Å². The van der Waals surface area contributed by atoms with E-state index in [9.17, 15) is 13.2 Å². The van der Waals surface area contributed by atoms with Gasteiger partial charge < -0.3 is 9.80 Å². The first-order chi connectivity index (χ1) is 12.3.